The van der Waals surface area contributed by atoms with Gasteiger partial charge in [0.1, 0.15) is 0 Å². The number of likely N-dealkylation sites (tertiary alicyclic amines) is 1. The summed E-state index contributed by atoms with van der Waals surface area (Å²) >= 11 is 0. The fourth-order valence-electron chi connectivity index (χ4n) is 2.77. The molecule has 0 radical (unpaired) electrons. The lowest BCUT2D eigenvalue weighted by molar-refractivity contribution is -0.140. The van der Waals surface area contributed by atoms with Gasteiger partial charge < -0.3 is 14.9 Å². The summed E-state index contributed by atoms with van der Waals surface area (Å²) in [6.07, 6.45) is -1.45. The topological polar surface area (TPSA) is 90.4 Å². The van der Waals surface area contributed by atoms with Crippen LogP contribution >= 0.6 is 0 Å². The predicted molar refractivity (Wildman–Crippen MR) is 54.7 cm³/mol. The minimum atomic E-state index is -0.898. The summed E-state index contributed by atoms with van der Waals surface area (Å²) in [5.74, 6) is -1.36. The highest BCUT2D eigenvalue weighted by molar-refractivity contribution is 6.05. The second-order valence-corrected chi connectivity index (χ2v) is 5.06. The van der Waals surface area contributed by atoms with Gasteiger partial charge in [0.2, 0.25) is 11.8 Å². The van der Waals surface area contributed by atoms with Crippen molar-refractivity contribution in [2.24, 2.45) is 11.8 Å². The molecule has 2 saturated heterocycles. The molecular weight excluding hydrogens is 226 g/mol. The van der Waals surface area contributed by atoms with Crippen LogP contribution in [0.15, 0.2) is 0 Å². The zero-order valence-corrected chi connectivity index (χ0v) is 9.28. The molecule has 3 rings (SSSR count). The van der Waals surface area contributed by atoms with E-state index in [0.29, 0.717) is 13.2 Å². The number of nitrogens with zero attached hydrogens (tertiary/aromatic N) is 1. The summed E-state index contributed by atoms with van der Waals surface area (Å²) in [5.41, 5.74) is 0. The Bertz CT molecular complexity index is 339. The Morgan fingerprint density at radius 2 is 1.59 bits per heavy atom. The molecule has 3 fully saturated rings. The molecule has 0 aromatic heterocycles. The molecule has 1 saturated carbocycles. The number of hydrogen-bond donors (Lipinski definition) is 2. The standard InChI is InChI=1S/C11H15NO5/c13-8-1-6-7(2-9(8)14)11(16)12(10(6)15)3-5-4-17-5/h5-9,13-14H,1-4H2. The molecule has 3 aliphatic rings. The van der Waals surface area contributed by atoms with E-state index in [1.165, 1.54) is 4.90 Å². The number of aliphatic hydroxyl groups excluding tert-OH is 2. The first-order valence-corrected chi connectivity index (χ1v) is 5.91. The van der Waals surface area contributed by atoms with E-state index in [9.17, 15) is 19.8 Å². The number of epoxide rings is 1. The van der Waals surface area contributed by atoms with Gasteiger partial charge in [-0.3, -0.25) is 14.5 Å². The van der Waals surface area contributed by atoms with Crippen LogP contribution < -0.4 is 0 Å². The number of aliphatic hydroxyl groups is 2. The number of carbonyl (C=O) groups is 2. The first-order valence-electron chi connectivity index (χ1n) is 5.91. The molecule has 5 atom stereocenters. The monoisotopic (exact) mass is 241 g/mol. The Labute approximate surface area is 98.2 Å². The van der Waals surface area contributed by atoms with Crippen LogP contribution in [-0.2, 0) is 14.3 Å². The van der Waals surface area contributed by atoms with Crippen molar-refractivity contribution < 1.29 is 24.5 Å². The minimum Gasteiger partial charge on any atom is -0.390 e. The van der Waals surface area contributed by atoms with Crippen LogP contribution in [0.4, 0.5) is 0 Å². The Hall–Kier alpha value is -0.980. The molecule has 17 heavy (non-hydrogen) atoms. The lowest BCUT2D eigenvalue weighted by Crippen LogP contribution is -2.40. The lowest BCUT2D eigenvalue weighted by atomic mass is 9.78. The number of ether oxygens (including phenoxy) is 1. The molecule has 94 valence electrons. The van der Waals surface area contributed by atoms with Gasteiger partial charge in [0, 0.05) is 0 Å². The van der Waals surface area contributed by atoms with E-state index in [1.54, 1.807) is 0 Å². The Morgan fingerprint density at radius 1 is 1.12 bits per heavy atom. The van der Waals surface area contributed by atoms with Crippen LogP contribution in [0.1, 0.15) is 12.8 Å². The van der Waals surface area contributed by atoms with Crippen LogP contribution in [0.2, 0.25) is 0 Å². The Morgan fingerprint density at radius 3 is 2.00 bits per heavy atom. The molecule has 6 heteroatoms. The third kappa shape index (κ3) is 1.76. The van der Waals surface area contributed by atoms with E-state index in [1.807, 2.05) is 0 Å². The van der Waals surface area contributed by atoms with Crippen molar-refractivity contribution in [1.29, 1.82) is 0 Å². The smallest absolute Gasteiger partial charge is 0.233 e. The Balaban J connectivity index is 1.78. The van der Waals surface area contributed by atoms with Crippen molar-refractivity contribution in [3.05, 3.63) is 0 Å². The summed E-state index contributed by atoms with van der Waals surface area (Å²) in [6.45, 7) is 0.911. The fourth-order valence-corrected chi connectivity index (χ4v) is 2.77. The SMILES string of the molecule is O=C1C2CC(O)C(O)CC2C(=O)N1CC1CO1. The molecule has 2 heterocycles. The van der Waals surface area contributed by atoms with Crippen LogP contribution in [0.5, 0.6) is 0 Å². The second-order valence-electron chi connectivity index (χ2n) is 5.06. The van der Waals surface area contributed by atoms with Gasteiger partial charge in [-0.2, -0.15) is 0 Å². The molecule has 5 unspecified atom stereocenters. The number of amides is 2. The first-order chi connectivity index (χ1) is 8.08. The normalized spacial score (nSPS) is 45.1. The van der Waals surface area contributed by atoms with Crippen molar-refractivity contribution in [1.82, 2.24) is 4.90 Å². The van der Waals surface area contributed by atoms with Crippen LogP contribution in [0, 0.1) is 11.8 Å². The summed E-state index contributed by atoms with van der Waals surface area (Å²) in [6, 6.07) is 0. The highest BCUT2D eigenvalue weighted by atomic mass is 16.6. The lowest BCUT2D eigenvalue weighted by Gasteiger charge is -2.29. The maximum absolute atomic E-state index is 12.0. The fraction of sp³-hybridized carbons (Fsp3) is 0.818. The van der Waals surface area contributed by atoms with E-state index >= 15 is 0 Å². The Kier molecular flexibility index (Phi) is 2.46. The largest absolute Gasteiger partial charge is 0.390 e. The molecule has 6 nitrogen and oxygen atoms in total. The van der Waals surface area contributed by atoms with Gasteiger partial charge in [-0.15, -0.1) is 0 Å². The van der Waals surface area contributed by atoms with Gasteiger partial charge in [-0.05, 0) is 12.8 Å². The highest BCUT2D eigenvalue weighted by Gasteiger charge is 2.53. The van der Waals surface area contributed by atoms with E-state index in [4.69, 9.17) is 4.74 Å². The van der Waals surface area contributed by atoms with Crippen LogP contribution in [-0.4, -0.2) is 58.4 Å². The summed E-state index contributed by atoms with van der Waals surface area (Å²) in [5, 5.41) is 19.1. The maximum atomic E-state index is 12.0. The molecular formula is C11H15NO5. The van der Waals surface area contributed by atoms with Gasteiger partial charge in [0.05, 0.1) is 43.3 Å². The van der Waals surface area contributed by atoms with Gasteiger partial charge in [-0.25, -0.2) is 0 Å². The molecule has 1 aliphatic carbocycles. The van der Waals surface area contributed by atoms with Gasteiger partial charge in [-0.1, -0.05) is 0 Å². The summed E-state index contributed by atoms with van der Waals surface area (Å²) in [7, 11) is 0. The van der Waals surface area contributed by atoms with E-state index < -0.39 is 24.0 Å². The number of carbonyl (C=O) groups excluding carboxylic acids is 2. The van der Waals surface area contributed by atoms with Crippen molar-refractivity contribution in [2.45, 2.75) is 31.2 Å². The highest BCUT2D eigenvalue weighted by Crippen LogP contribution is 2.38. The molecule has 0 aromatic rings. The molecule has 0 bridgehead atoms. The van der Waals surface area contributed by atoms with E-state index in [-0.39, 0.29) is 30.8 Å². The van der Waals surface area contributed by atoms with Crippen molar-refractivity contribution >= 4 is 11.8 Å². The molecule has 0 aromatic carbocycles. The number of imide groups is 1. The van der Waals surface area contributed by atoms with Crippen LogP contribution in [0.25, 0.3) is 0 Å². The first kappa shape index (κ1) is 11.1. The van der Waals surface area contributed by atoms with Crippen molar-refractivity contribution in [2.75, 3.05) is 13.2 Å². The second kappa shape index (κ2) is 3.76. The van der Waals surface area contributed by atoms with Crippen molar-refractivity contribution in [3.63, 3.8) is 0 Å². The van der Waals surface area contributed by atoms with Gasteiger partial charge in [0.15, 0.2) is 0 Å². The third-order valence-corrected chi connectivity index (χ3v) is 3.88. The molecule has 2 aliphatic heterocycles. The van der Waals surface area contributed by atoms with E-state index in [0.717, 1.165) is 0 Å². The predicted octanol–water partition coefficient (Wildman–Crippen LogP) is -1.50. The van der Waals surface area contributed by atoms with E-state index in [2.05, 4.69) is 0 Å². The minimum absolute atomic E-state index is 0.0158. The average molecular weight is 241 g/mol. The van der Waals surface area contributed by atoms with Crippen LogP contribution in [0.3, 0.4) is 0 Å². The number of hydrogen-bond acceptors (Lipinski definition) is 5. The van der Waals surface area contributed by atoms with Gasteiger partial charge >= 0.3 is 0 Å². The van der Waals surface area contributed by atoms with Crippen molar-refractivity contribution in [3.8, 4) is 0 Å². The number of fused-ring (bicyclic) bond motifs is 1. The summed E-state index contributed by atoms with van der Waals surface area (Å²) < 4.78 is 5.02. The maximum Gasteiger partial charge on any atom is 0.233 e. The molecule has 0 spiro atoms. The zero-order chi connectivity index (χ0) is 12.2. The average Bonchev–Trinajstić information content (AvgIpc) is 3.07. The number of rotatable bonds is 2. The zero-order valence-electron chi connectivity index (χ0n) is 9.28. The third-order valence-electron chi connectivity index (χ3n) is 3.88. The molecule has 2 amide bonds. The van der Waals surface area contributed by atoms with Gasteiger partial charge in [0.25, 0.3) is 0 Å². The quantitative estimate of drug-likeness (QED) is 0.453. The summed E-state index contributed by atoms with van der Waals surface area (Å²) in [4.78, 5) is 25.3. The molecule has 2 N–H and O–H groups in total.